The minimum Gasteiger partial charge on any atom is -0.392 e. The summed E-state index contributed by atoms with van der Waals surface area (Å²) in [6, 6.07) is 0. The van der Waals surface area contributed by atoms with Crippen LogP contribution in [0.2, 0.25) is 0 Å². The minimum atomic E-state index is -0.133. The van der Waals surface area contributed by atoms with Gasteiger partial charge in [0.1, 0.15) is 0 Å². The average molecular weight is 242 g/mol. The number of hydrogen-bond donors (Lipinski definition) is 2. The van der Waals surface area contributed by atoms with Gasteiger partial charge >= 0.3 is 0 Å². The quantitative estimate of drug-likeness (QED) is 0.788. The van der Waals surface area contributed by atoms with Gasteiger partial charge in [0, 0.05) is 18.6 Å². The summed E-state index contributed by atoms with van der Waals surface area (Å²) in [4.78, 5) is 2.40. The van der Waals surface area contributed by atoms with E-state index in [0.717, 1.165) is 32.6 Å². The Kier molecular flexibility index (Phi) is 5.42. The van der Waals surface area contributed by atoms with Gasteiger partial charge in [-0.1, -0.05) is 13.8 Å². The molecule has 0 radical (unpaired) electrons. The van der Waals surface area contributed by atoms with E-state index in [1.807, 2.05) is 0 Å². The van der Waals surface area contributed by atoms with Crippen molar-refractivity contribution in [1.29, 1.82) is 0 Å². The third-order valence-electron chi connectivity index (χ3n) is 3.55. The minimum absolute atomic E-state index is 0.133. The van der Waals surface area contributed by atoms with Gasteiger partial charge in [-0.15, -0.1) is 0 Å². The van der Waals surface area contributed by atoms with Gasteiger partial charge in [0.2, 0.25) is 0 Å². The van der Waals surface area contributed by atoms with Gasteiger partial charge in [-0.2, -0.15) is 0 Å². The van der Waals surface area contributed by atoms with Crippen LogP contribution in [0.3, 0.4) is 0 Å². The molecule has 3 nitrogen and oxygen atoms in total. The summed E-state index contributed by atoms with van der Waals surface area (Å²) < 4.78 is 0. The maximum atomic E-state index is 9.86. The van der Waals surface area contributed by atoms with Crippen molar-refractivity contribution >= 4 is 0 Å². The topological polar surface area (TPSA) is 35.5 Å². The fourth-order valence-electron chi connectivity index (χ4n) is 2.27. The number of rotatable bonds is 4. The number of likely N-dealkylation sites (tertiary alicyclic amines) is 1. The Bertz CT molecular complexity index is 225. The second-order valence-corrected chi connectivity index (χ2v) is 6.83. The molecular formula is C14H30N2O. The van der Waals surface area contributed by atoms with Gasteiger partial charge in [0.05, 0.1) is 6.10 Å². The highest BCUT2D eigenvalue weighted by Crippen LogP contribution is 2.17. The van der Waals surface area contributed by atoms with E-state index in [4.69, 9.17) is 0 Å². The van der Waals surface area contributed by atoms with Crippen LogP contribution < -0.4 is 5.32 Å². The molecule has 3 unspecified atom stereocenters. The molecule has 3 atom stereocenters. The van der Waals surface area contributed by atoms with Gasteiger partial charge in [0.25, 0.3) is 0 Å². The van der Waals surface area contributed by atoms with Gasteiger partial charge in [-0.3, -0.25) is 0 Å². The van der Waals surface area contributed by atoms with Crippen molar-refractivity contribution < 1.29 is 5.11 Å². The Morgan fingerprint density at radius 2 is 2.06 bits per heavy atom. The van der Waals surface area contributed by atoms with Crippen LogP contribution in [0.5, 0.6) is 0 Å². The number of aliphatic hydroxyl groups excluding tert-OH is 1. The molecule has 0 aromatic carbocycles. The number of aliphatic hydroxyl groups is 1. The van der Waals surface area contributed by atoms with Gasteiger partial charge in [-0.05, 0) is 52.1 Å². The molecule has 1 fully saturated rings. The molecular weight excluding hydrogens is 212 g/mol. The first kappa shape index (κ1) is 14.9. The van der Waals surface area contributed by atoms with Crippen LogP contribution in [0, 0.1) is 11.8 Å². The fraction of sp³-hybridized carbons (Fsp3) is 1.00. The number of nitrogens with zero attached hydrogens (tertiary/aromatic N) is 1. The summed E-state index contributed by atoms with van der Waals surface area (Å²) in [5.74, 6) is 1.10. The number of hydrogen-bond acceptors (Lipinski definition) is 3. The van der Waals surface area contributed by atoms with E-state index < -0.39 is 0 Å². The normalized spacial score (nSPS) is 29.3. The summed E-state index contributed by atoms with van der Waals surface area (Å²) in [6.45, 7) is 15.2. The summed E-state index contributed by atoms with van der Waals surface area (Å²) in [6.07, 6.45) is 0.993. The molecule has 0 aromatic heterocycles. The molecule has 2 N–H and O–H groups in total. The van der Waals surface area contributed by atoms with E-state index in [-0.39, 0.29) is 11.6 Å². The Morgan fingerprint density at radius 1 is 1.41 bits per heavy atom. The summed E-state index contributed by atoms with van der Waals surface area (Å²) >= 11 is 0. The largest absolute Gasteiger partial charge is 0.392 e. The zero-order valence-electron chi connectivity index (χ0n) is 12.2. The summed E-state index contributed by atoms with van der Waals surface area (Å²) in [5.41, 5.74) is 0.199. The Morgan fingerprint density at radius 3 is 2.59 bits per heavy atom. The molecule has 1 rings (SSSR count). The highest BCUT2D eigenvalue weighted by molar-refractivity contribution is 4.79. The smallest absolute Gasteiger partial charge is 0.0693 e. The molecule has 0 saturated carbocycles. The van der Waals surface area contributed by atoms with Crippen molar-refractivity contribution in [2.24, 2.45) is 11.8 Å². The Hall–Kier alpha value is -0.120. The zero-order valence-corrected chi connectivity index (χ0v) is 12.2. The molecule has 0 aliphatic carbocycles. The lowest BCUT2D eigenvalue weighted by atomic mass is 9.95. The third-order valence-corrected chi connectivity index (χ3v) is 3.55. The van der Waals surface area contributed by atoms with Crippen LogP contribution in [-0.4, -0.2) is 47.8 Å². The maximum absolute atomic E-state index is 9.86. The first-order valence-electron chi connectivity index (χ1n) is 6.93. The monoisotopic (exact) mass is 242 g/mol. The first-order valence-corrected chi connectivity index (χ1v) is 6.93. The highest BCUT2D eigenvalue weighted by atomic mass is 16.3. The van der Waals surface area contributed by atoms with Crippen molar-refractivity contribution in [3.63, 3.8) is 0 Å². The van der Waals surface area contributed by atoms with Crippen LogP contribution in [-0.2, 0) is 0 Å². The fourth-order valence-corrected chi connectivity index (χ4v) is 2.27. The van der Waals surface area contributed by atoms with Crippen LogP contribution in [0.1, 0.15) is 41.0 Å². The van der Waals surface area contributed by atoms with Crippen molar-refractivity contribution in [2.75, 3.05) is 26.2 Å². The lowest BCUT2D eigenvalue weighted by Gasteiger charge is -2.36. The van der Waals surface area contributed by atoms with Crippen LogP contribution in [0.4, 0.5) is 0 Å². The van der Waals surface area contributed by atoms with Crippen LogP contribution in [0.15, 0.2) is 0 Å². The predicted octanol–water partition coefficient (Wildman–Crippen LogP) is 1.71. The van der Waals surface area contributed by atoms with E-state index >= 15 is 0 Å². The van der Waals surface area contributed by atoms with Crippen LogP contribution >= 0.6 is 0 Å². The molecule has 1 aliphatic heterocycles. The molecule has 1 saturated heterocycles. The molecule has 17 heavy (non-hydrogen) atoms. The van der Waals surface area contributed by atoms with E-state index in [1.165, 1.54) is 0 Å². The molecule has 0 bridgehead atoms. The van der Waals surface area contributed by atoms with Gasteiger partial charge in [-0.25, -0.2) is 0 Å². The number of β-amino-alcohol motifs (C(OH)–C–C–N with tert-alkyl or cyclic N) is 1. The standard InChI is InChI=1S/C14H30N2O/c1-11(8-15-14(3,4)5)9-16-7-6-12(2)13(17)10-16/h11-13,15,17H,6-10H2,1-5H3. The van der Waals surface area contributed by atoms with Gasteiger partial charge < -0.3 is 15.3 Å². The molecule has 3 heteroatoms. The second-order valence-electron chi connectivity index (χ2n) is 6.83. The van der Waals surface area contributed by atoms with E-state index in [2.05, 4.69) is 44.8 Å². The average Bonchev–Trinajstić information content (AvgIpc) is 2.20. The number of nitrogens with one attached hydrogen (secondary N) is 1. The van der Waals surface area contributed by atoms with E-state index in [9.17, 15) is 5.11 Å². The Balaban J connectivity index is 2.25. The predicted molar refractivity (Wildman–Crippen MR) is 73.1 cm³/mol. The molecule has 0 spiro atoms. The zero-order chi connectivity index (χ0) is 13.1. The summed E-state index contributed by atoms with van der Waals surface area (Å²) in [5, 5.41) is 13.4. The van der Waals surface area contributed by atoms with E-state index in [1.54, 1.807) is 0 Å². The summed E-state index contributed by atoms with van der Waals surface area (Å²) in [7, 11) is 0. The second kappa shape index (κ2) is 6.17. The third kappa shape index (κ3) is 5.84. The van der Waals surface area contributed by atoms with Crippen LogP contribution in [0.25, 0.3) is 0 Å². The van der Waals surface area contributed by atoms with Crippen molar-refractivity contribution in [3.8, 4) is 0 Å². The molecule has 1 heterocycles. The van der Waals surface area contributed by atoms with E-state index in [0.29, 0.717) is 11.8 Å². The van der Waals surface area contributed by atoms with Gasteiger partial charge in [0.15, 0.2) is 0 Å². The van der Waals surface area contributed by atoms with Crippen molar-refractivity contribution in [1.82, 2.24) is 10.2 Å². The molecule has 0 aromatic rings. The van der Waals surface area contributed by atoms with Crippen molar-refractivity contribution in [3.05, 3.63) is 0 Å². The maximum Gasteiger partial charge on any atom is 0.0693 e. The molecule has 1 aliphatic rings. The number of piperidine rings is 1. The first-order chi connectivity index (χ1) is 7.78. The molecule has 0 amide bonds. The Labute approximate surface area is 107 Å². The lowest BCUT2D eigenvalue weighted by molar-refractivity contribution is 0.0236. The lowest BCUT2D eigenvalue weighted by Crippen LogP contribution is -2.46. The van der Waals surface area contributed by atoms with Crippen molar-refractivity contribution in [2.45, 2.75) is 52.7 Å². The molecule has 102 valence electrons. The SMILES string of the molecule is CC(CNC(C)(C)C)CN1CCC(C)C(O)C1. The highest BCUT2D eigenvalue weighted by Gasteiger charge is 2.25.